The Morgan fingerprint density at radius 2 is 1.60 bits per heavy atom. The molecular weight excluding hydrogens is 432 g/mol. The number of aromatic hydroxyl groups is 1. The largest absolute Gasteiger partial charge is 0.507 e. The number of rotatable bonds is 5. The van der Waals surface area contributed by atoms with E-state index in [2.05, 4.69) is 23.2 Å². The molecule has 2 aromatic rings. The summed E-state index contributed by atoms with van der Waals surface area (Å²) >= 11 is 0. The Bertz CT molecular complexity index is 1060. The molecule has 3 fully saturated rings. The zero-order valence-corrected chi connectivity index (χ0v) is 21.2. The Hall–Kier alpha value is -2.58. The number of phenols is 1. The lowest BCUT2D eigenvalue weighted by molar-refractivity contribution is 0.260. The van der Waals surface area contributed by atoms with Crippen LogP contribution in [0.1, 0.15) is 106 Å². The van der Waals surface area contributed by atoms with Crippen molar-refractivity contribution in [1.29, 1.82) is 0 Å². The first kappa shape index (κ1) is 24.1. The monoisotopic (exact) mass is 472 g/mol. The topological polar surface area (TPSA) is 61.3 Å². The fourth-order valence-corrected chi connectivity index (χ4v) is 6.68. The zero-order chi connectivity index (χ0) is 24.2. The van der Waals surface area contributed by atoms with E-state index in [1.165, 1.54) is 94.7 Å². The lowest BCUT2D eigenvalue weighted by Crippen LogP contribution is -2.40. The molecule has 5 nitrogen and oxygen atoms in total. The summed E-state index contributed by atoms with van der Waals surface area (Å²) in [6.07, 6.45) is 20.5. The zero-order valence-electron chi connectivity index (χ0n) is 21.2. The smallest absolute Gasteiger partial charge is 0.152 e. The number of benzene rings is 1. The van der Waals surface area contributed by atoms with E-state index in [1.807, 2.05) is 12.1 Å². The highest BCUT2D eigenvalue weighted by Crippen LogP contribution is 2.47. The Labute approximate surface area is 210 Å². The number of nitrogens with zero attached hydrogens (tertiary/aromatic N) is 3. The fraction of sp³-hybridized carbons (Fsp3) is 0.600. The Morgan fingerprint density at radius 3 is 2.23 bits per heavy atom. The van der Waals surface area contributed by atoms with Crippen molar-refractivity contribution in [3.63, 3.8) is 0 Å². The molecule has 35 heavy (non-hydrogen) atoms. The van der Waals surface area contributed by atoms with Crippen LogP contribution in [0.2, 0.25) is 0 Å². The van der Waals surface area contributed by atoms with Gasteiger partial charge in [-0.05, 0) is 87.7 Å². The summed E-state index contributed by atoms with van der Waals surface area (Å²) in [6.45, 7) is 2.21. The highest BCUT2D eigenvalue weighted by Gasteiger charge is 2.32. The maximum absolute atomic E-state index is 11.0. The van der Waals surface area contributed by atoms with Crippen molar-refractivity contribution in [3.8, 4) is 29.4 Å². The number of hydrogen-bond acceptors (Lipinski definition) is 5. The van der Waals surface area contributed by atoms with Gasteiger partial charge >= 0.3 is 0 Å². The summed E-state index contributed by atoms with van der Waals surface area (Å²) in [6, 6.07) is 5.94. The number of likely N-dealkylation sites (tertiary alicyclic amines) is 1. The molecule has 186 valence electrons. The van der Waals surface area contributed by atoms with Gasteiger partial charge < -0.3 is 15.3 Å². The number of anilines is 1. The first-order chi connectivity index (χ1) is 17.1. The molecule has 1 saturated heterocycles. The van der Waals surface area contributed by atoms with E-state index < -0.39 is 0 Å². The second-order valence-electron chi connectivity index (χ2n) is 11.0. The Balaban J connectivity index is 1.65. The van der Waals surface area contributed by atoms with E-state index in [9.17, 15) is 5.11 Å². The van der Waals surface area contributed by atoms with Crippen LogP contribution in [0.5, 0.6) is 5.75 Å². The number of piperidine rings is 1. The molecule has 0 spiro atoms. The summed E-state index contributed by atoms with van der Waals surface area (Å²) in [5.41, 5.74) is 5.06. The summed E-state index contributed by atoms with van der Waals surface area (Å²) in [7, 11) is 2.21. The molecule has 2 aliphatic carbocycles. The number of hydrogen-bond donors (Lipinski definition) is 2. The molecule has 0 amide bonds. The molecule has 1 aliphatic heterocycles. The van der Waals surface area contributed by atoms with Gasteiger partial charge in [0.1, 0.15) is 11.4 Å². The molecule has 5 heteroatoms. The van der Waals surface area contributed by atoms with Gasteiger partial charge in [-0.25, -0.2) is 0 Å². The van der Waals surface area contributed by atoms with E-state index in [4.69, 9.17) is 16.6 Å². The first-order valence-corrected chi connectivity index (χ1v) is 13.8. The van der Waals surface area contributed by atoms with Crippen LogP contribution in [0.4, 0.5) is 5.82 Å². The van der Waals surface area contributed by atoms with E-state index in [0.717, 1.165) is 23.6 Å². The van der Waals surface area contributed by atoms with Crippen molar-refractivity contribution < 1.29 is 5.11 Å². The maximum atomic E-state index is 11.0. The molecule has 2 saturated carbocycles. The van der Waals surface area contributed by atoms with E-state index in [0.29, 0.717) is 23.4 Å². The lowest BCUT2D eigenvalue weighted by Gasteiger charge is -2.35. The normalized spacial score (nSPS) is 22.6. The quantitative estimate of drug-likeness (QED) is 0.491. The van der Waals surface area contributed by atoms with Gasteiger partial charge in [-0.1, -0.05) is 44.4 Å². The van der Waals surface area contributed by atoms with Crippen LogP contribution < -0.4 is 5.32 Å². The number of likely N-dealkylation sites (N-methyl/N-ethyl adjacent to an activating group) is 1. The van der Waals surface area contributed by atoms with Crippen LogP contribution >= 0.6 is 0 Å². The predicted octanol–water partition coefficient (Wildman–Crippen LogP) is 6.43. The van der Waals surface area contributed by atoms with E-state index in [1.54, 1.807) is 6.07 Å². The minimum absolute atomic E-state index is 0.205. The number of aromatic nitrogens is 2. The van der Waals surface area contributed by atoms with Crippen LogP contribution in [-0.4, -0.2) is 46.4 Å². The molecule has 2 N–H and O–H groups in total. The van der Waals surface area contributed by atoms with Gasteiger partial charge in [-0.3, -0.25) is 0 Å². The first-order valence-electron chi connectivity index (χ1n) is 13.8. The van der Waals surface area contributed by atoms with E-state index in [-0.39, 0.29) is 5.75 Å². The van der Waals surface area contributed by atoms with Gasteiger partial charge in [-0.15, -0.1) is 16.6 Å². The number of terminal acetylenes is 1. The number of phenolic OH excluding ortho intramolecular Hbond substituents is 1. The van der Waals surface area contributed by atoms with Gasteiger partial charge in [0.05, 0.1) is 0 Å². The van der Waals surface area contributed by atoms with Gasteiger partial charge in [-0.2, -0.15) is 0 Å². The van der Waals surface area contributed by atoms with E-state index >= 15 is 0 Å². The molecule has 1 atom stereocenters. The van der Waals surface area contributed by atoms with Crippen molar-refractivity contribution in [2.45, 2.75) is 94.9 Å². The van der Waals surface area contributed by atoms with Crippen LogP contribution in [0.25, 0.3) is 11.3 Å². The van der Waals surface area contributed by atoms with Gasteiger partial charge in [0, 0.05) is 29.3 Å². The highest BCUT2D eigenvalue weighted by molar-refractivity contribution is 5.74. The summed E-state index contributed by atoms with van der Waals surface area (Å²) in [5.74, 6) is 4.81. The summed E-state index contributed by atoms with van der Waals surface area (Å²) in [5, 5.41) is 24.5. The third-order valence-electron chi connectivity index (χ3n) is 8.46. The Kier molecular flexibility index (Phi) is 7.58. The molecule has 1 unspecified atom stereocenters. The molecule has 1 aromatic carbocycles. The minimum Gasteiger partial charge on any atom is -0.507 e. The summed E-state index contributed by atoms with van der Waals surface area (Å²) in [4.78, 5) is 2.41. The van der Waals surface area contributed by atoms with Crippen LogP contribution in [0.3, 0.4) is 0 Å². The predicted molar refractivity (Wildman–Crippen MR) is 143 cm³/mol. The average Bonchev–Trinajstić information content (AvgIpc) is 2.89. The van der Waals surface area contributed by atoms with Crippen LogP contribution in [-0.2, 0) is 0 Å². The fourth-order valence-electron chi connectivity index (χ4n) is 6.68. The van der Waals surface area contributed by atoms with Gasteiger partial charge in [0.15, 0.2) is 5.82 Å². The standard InChI is InChI=1S/C30H40N4O/c1-3-21-16-17-25(26(35)19-21)29-27(22-11-6-4-7-12-22)28(23-13-8-5-9-14-23)30(33-32-29)31-24-15-10-18-34(2)20-24/h1,16-17,19,22-24,35H,4-15,18,20H2,2H3,(H,31,33). The van der Waals surface area contributed by atoms with Crippen molar-refractivity contribution in [2.24, 2.45) is 0 Å². The second-order valence-corrected chi connectivity index (χ2v) is 11.0. The molecular formula is C30H40N4O. The van der Waals surface area contributed by atoms with Crippen molar-refractivity contribution >= 4 is 5.82 Å². The molecule has 0 bridgehead atoms. The van der Waals surface area contributed by atoms with Crippen LogP contribution in [0.15, 0.2) is 18.2 Å². The number of nitrogens with one attached hydrogen (secondary N) is 1. The average molecular weight is 473 g/mol. The van der Waals surface area contributed by atoms with Crippen molar-refractivity contribution in [3.05, 3.63) is 34.9 Å². The molecule has 2 heterocycles. The molecule has 5 rings (SSSR count). The third kappa shape index (κ3) is 5.33. The summed E-state index contributed by atoms with van der Waals surface area (Å²) < 4.78 is 0. The van der Waals surface area contributed by atoms with Crippen molar-refractivity contribution in [2.75, 3.05) is 25.5 Å². The molecule has 3 aliphatic rings. The minimum atomic E-state index is 0.205. The van der Waals surface area contributed by atoms with Gasteiger partial charge in [0.2, 0.25) is 0 Å². The third-order valence-corrected chi connectivity index (χ3v) is 8.46. The van der Waals surface area contributed by atoms with Crippen LogP contribution in [0, 0.1) is 12.3 Å². The van der Waals surface area contributed by atoms with Gasteiger partial charge in [0.25, 0.3) is 0 Å². The second kappa shape index (κ2) is 11.0. The maximum Gasteiger partial charge on any atom is 0.152 e. The lowest BCUT2D eigenvalue weighted by atomic mass is 9.74. The highest BCUT2D eigenvalue weighted by atomic mass is 16.3. The SMILES string of the molecule is C#Cc1ccc(-c2nnc(NC3CCCN(C)C3)c(C3CCCCC3)c2C2CCCCC2)c(O)c1. The molecule has 0 radical (unpaired) electrons. The molecule has 1 aromatic heterocycles. The Morgan fingerprint density at radius 1 is 0.914 bits per heavy atom. The van der Waals surface area contributed by atoms with Crippen molar-refractivity contribution in [1.82, 2.24) is 15.1 Å².